The molecule has 1 rings (SSSR count). The topological polar surface area (TPSA) is 46.2 Å². The van der Waals surface area contributed by atoms with Crippen molar-refractivity contribution >= 4 is 9.84 Å². The Morgan fingerprint density at radius 3 is 2.33 bits per heavy atom. The van der Waals surface area contributed by atoms with Crippen LogP contribution in [-0.2, 0) is 9.84 Å². The second-order valence-corrected chi connectivity index (χ2v) is 7.29. The minimum atomic E-state index is -2.79. The van der Waals surface area contributed by atoms with Gasteiger partial charge in [-0.2, -0.15) is 0 Å². The zero-order valence-corrected chi connectivity index (χ0v) is 10.7. The van der Waals surface area contributed by atoms with Crippen LogP contribution in [0.1, 0.15) is 45.4 Å². The van der Waals surface area contributed by atoms with Crippen LogP contribution in [0.15, 0.2) is 0 Å². The summed E-state index contributed by atoms with van der Waals surface area (Å²) in [5.74, 6) is 0.302. The van der Waals surface area contributed by atoms with E-state index in [4.69, 9.17) is 0 Å². The number of sulfone groups is 1. The molecule has 0 amide bonds. The summed E-state index contributed by atoms with van der Waals surface area (Å²) in [5, 5.41) is 3.51. The summed E-state index contributed by atoms with van der Waals surface area (Å²) in [4.78, 5) is 0. The number of nitrogens with one attached hydrogen (secondary N) is 1. The molecule has 3 nitrogen and oxygen atoms in total. The first-order chi connectivity index (χ1) is 6.91. The molecule has 0 aromatic rings. The molecule has 0 atom stereocenters. The van der Waals surface area contributed by atoms with E-state index in [2.05, 4.69) is 12.2 Å². The molecule has 0 unspecified atom stereocenters. The van der Waals surface area contributed by atoms with Gasteiger partial charge in [-0.25, -0.2) is 8.42 Å². The van der Waals surface area contributed by atoms with E-state index in [9.17, 15) is 8.42 Å². The van der Waals surface area contributed by atoms with E-state index in [1.807, 2.05) is 0 Å². The van der Waals surface area contributed by atoms with E-state index >= 15 is 0 Å². The van der Waals surface area contributed by atoms with Gasteiger partial charge in [0.25, 0.3) is 0 Å². The van der Waals surface area contributed by atoms with Gasteiger partial charge in [0.2, 0.25) is 0 Å². The molecule has 0 spiro atoms. The molecule has 1 aliphatic carbocycles. The minimum Gasteiger partial charge on any atom is -0.311 e. The molecular formula is C11H23NO2S. The van der Waals surface area contributed by atoms with Gasteiger partial charge in [-0.1, -0.05) is 19.3 Å². The third-order valence-electron chi connectivity index (χ3n) is 3.20. The van der Waals surface area contributed by atoms with Crippen LogP contribution in [0.2, 0.25) is 0 Å². The summed E-state index contributed by atoms with van der Waals surface area (Å²) in [7, 11) is -2.79. The lowest BCUT2D eigenvalue weighted by atomic mass is 9.83. The minimum absolute atomic E-state index is 0.260. The molecule has 0 heterocycles. The number of rotatable bonds is 5. The summed E-state index contributed by atoms with van der Waals surface area (Å²) in [6.07, 6.45) is 8.44. The predicted octanol–water partition coefficient (Wildman–Crippen LogP) is 1.73. The fourth-order valence-electron chi connectivity index (χ4n) is 2.23. The molecule has 0 saturated heterocycles. The van der Waals surface area contributed by atoms with Gasteiger partial charge >= 0.3 is 0 Å². The molecule has 1 saturated carbocycles. The average molecular weight is 233 g/mol. The zero-order valence-electron chi connectivity index (χ0n) is 9.88. The van der Waals surface area contributed by atoms with Gasteiger partial charge in [0.05, 0.1) is 5.75 Å². The molecule has 0 bridgehead atoms. The van der Waals surface area contributed by atoms with Crippen LogP contribution in [0, 0.1) is 0 Å². The van der Waals surface area contributed by atoms with E-state index in [1.54, 1.807) is 0 Å². The SMILES string of the molecule is CC1(NCCCS(C)(=O)=O)CCCCC1. The van der Waals surface area contributed by atoms with Crippen molar-refractivity contribution in [3.8, 4) is 0 Å². The standard InChI is InChI=1S/C11H23NO2S/c1-11(7-4-3-5-8-11)12-9-6-10-15(2,13)14/h12H,3-10H2,1-2H3. The van der Waals surface area contributed by atoms with E-state index in [-0.39, 0.29) is 5.54 Å². The molecule has 4 heteroatoms. The smallest absolute Gasteiger partial charge is 0.147 e. The molecule has 15 heavy (non-hydrogen) atoms. The Hall–Kier alpha value is -0.0900. The Kier molecular flexibility index (Phi) is 4.59. The Bertz CT molecular complexity index is 279. The van der Waals surface area contributed by atoms with E-state index in [1.165, 1.54) is 38.4 Å². The van der Waals surface area contributed by atoms with Gasteiger partial charge in [-0.05, 0) is 32.7 Å². The van der Waals surface area contributed by atoms with Crippen LogP contribution < -0.4 is 5.32 Å². The molecule has 1 fully saturated rings. The summed E-state index contributed by atoms with van der Waals surface area (Å²) in [6.45, 7) is 3.08. The maximum Gasteiger partial charge on any atom is 0.147 e. The third kappa shape index (κ3) is 5.52. The number of hydrogen-bond acceptors (Lipinski definition) is 3. The first-order valence-electron chi connectivity index (χ1n) is 5.84. The average Bonchev–Trinajstić information content (AvgIpc) is 2.12. The second kappa shape index (κ2) is 5.30. The van der Waals surface area contributed by atoms with Crippen molar-refractivity contribution in [1.29, 1.82) is 0 Å². The molecule has 90 valence electrons. The van der Waals surface area contributed by atoms with Crippen molar-refractivity contribution in [2.45, 2.75) is 51.0 Å². The van der Waals surface area contributed by atoms with Gasteiger partial charge in [0.1, 0.15) is 9.84 Å². The Balaban J connectivity index is 2.19. The van der Waals surface area contributed by atoms with Crippen LogP contribution in [0.3, 0.4) is 0 Å². The molecule has 0 aliphatic heterocycles. The van der Waals surface area contributed by atoms with Crippen LogP contribution in [0.25, 0.3) is 0 Å². The van der Waals surface area contributed by atoms with Crippen molar-refractivity contribution in [3.63, 3.8) is 0 Å². The van der Waals surface area contributed by atoms with Gasteiger partial charge in [-0.15, -0.1) is 0 Å². The quantitative estimate of drug-likeness (QED) is 0.736. The summed E-state index contributed by atoms with van der Waals surface area (Å²) < 4.78 is 21.9. The van der Waals surface area contributed by atoms with Crippen molar-refractivity contribution in [2.75, 3.05) is 18.6 Å². The van der Waals surface area contributed by atoms with Gasteiger partial charge in [0.15, 0.2) is 0 Å². The summed E-state index contributed by atoms with van der Waals surface area (Å²) in [5.41, 5.74) is 0.260. The maximum atomic E-state index is 10.9. The molecule has 1 N–H and O–H groups in total. The predicted molar refractivity (Wildman–Crippen MR) is 63.8 cm³/mol. The van der Waals surface area contributed by atoms with E-state index in [0.29, 0.717) is 5.75 Å². The van der Waals surface area contributed by atoms with Crippen LogP contribution in [0.5, 0.6) is 0 Å². The Morgan fingerprint density at radius 1 is 1.20 bits per heavy atom. The second-order valence-electron chi connectivity index (χ2n) is 5.03. The monoisotopic (exact) mass is 233 g/mol. The largest absolute Gasteiger partial charge is 0.311 e. The van der Waals surface area contributed by atoms with Gasteiger partial charge in [0, 0.05) is 11.8 Å². The normalized spacial score (nSPS) is 21.5. The van der Waals surface area contributed by atoms with Crippen molar-refractivity contribution in [1.82, 2.24) is 5.32 Å². The first-order valence-corrected chi connectivity index (χ1v) is 7.90. The molecule has 0 aromatic heterocycles. The van der Waals surface area contributed by atoms with Crippen molar-refractivity contribution in [2.24, 2.45) is 0 Å². The highest BCUT2D eigenvalue weighted by Crippen LogP contribution is 2.27. The maximum absolute atomic E-state index is 10.9. The highest BCUT2D eigenvalue weighted by atomic mass is 32.2. The third-order valence-corrected chi connectivity index (χ3v) is 4.23. The van der Waals surface area contributed by atoms with E-state index in [0.717, 1.165) is 13.0 Å². The Morgan fingerprint density at radius 2 is 1.80 bits per heavy atom. The lowest BCUT2D eigenvalue weighted by molar-refractivity contribution is 0.255. The Labute approximate surface area is 93.6 Å². The van der Waals surface area contributed by atoms with Crippen molar-refractivity contribution in [3.05, 3.63) is 0 Å². The number of hydrogen-bond donors (Lipinski definition) is 1. The van der Waals surface area contributed by atoms with Crippen molar-refractivity contribution < 1.29 is 8.42 Å². The van der Waals surface area contributed by atoms with Gasteiger partial charge < -0.3 is 5.32 Å². The fourth-order valence-corrected chi connectivity index (χ4v) is 2.90. The molecule has 0 aromatic carbocycles. The lowest BCUT2D eigenvalue weighted by Crippen LogP contribution is -2.44. The molecule has 1 aliphatic rings. The highest BCUT2D eigenvalue weighted by Gasteiger charge is 2.25. The zero-order chi connectivity index (χ0) is 11.4. The highest BCUT2D eigenvalue weighted by molar-refractivity contribution is 7.90. The first kappa shape index (κ1) is 13.0. The fraction of sp³-hybridized carbons (Fsp3) is 1.00. The van der Waals surface area contributed by atoms with Crippen LogP contribution in [-0.4, -0.2) is 32.5 Å². The van der Waals surface area contributed by atoms with Gasteiger partial charge in [-0.3, -0.25) is 0 Å². The summed E-state index contributed by atoms with van der Waals surface area (Å²) >= 11 is 0. The van der Waals surface area contributed by atoms with Crippen LogP contribution >= 0.6 is 0 Å². The molecule has 0 radical (unpaired) electrons. The summed E-state index contributed by atoms with van der Waals surface area (Å²) in [6, 6.07) is 0. The van der Waals surface area contributed by atoms with Crippen LogP contribution in [0.4, 0.5) is 0 Å². The lowest BCUT2D eigenvalue weighted by Gasteiger charge is -2.34. The van der Waals surface area contributed by atoms with E-state index < -0.39 is 9.84 Å². The molecular weight excluding hydrogens is 210 g/mol.